The quantitative estimate of drug-likeness (QED) is 0.346. The van der Waals surface area contributed by atoms with Crippen molar-refractivity contribution < 1.29 is 44.3 Å². The standard InChI is InChI=1S/C20H14F9N5O/c21-18(22,23)9-34(10-19(24,25)26)12-3-4-15-13(6-12)14(20(27,28)29)7-16(31-15)32-33-17(35)11-2-1-5-30-8-11/h1-8H,9-10H2,(H,31,32)(H,33,35). The summed E-state index contributed by atoms with van der Waals surface area (Å²) >= 11 is 0. The summed E-state index contributed by atoms with van der Waals surface area (Å²) in [4.78, 5) is 19.5. The second-order valence-corrected chi connectivity index (χ2v) is 7.16. The Kier molecular flexibility index (Phi) is 6.98. The molecule has 15 heteroatoms. The number of carbonyl (C=O) groups excluding carboxylic acids is 1. The summed E-state index contributed by atoms with van der Waals surface area (Å²) in [5.74, 6) is -1.23. The Morgan fingerprint density at radius 2 is 1.57 bits per heavy atom. The molecule has 2 N–H and O–H groups in total. The van der Waals surface area contributed by atoms with Gasteiger partial charge in [-0.3, -0.25) is 20.6 Å². The van der Waals surface area contributed by atoms with Crippen LogP contribution in [0.4, 0.5) is 51.0 Å². The first-order chi connectivity index (χ1) is 16.1. The maximum atomic E-state index is 13.7. The minimum atomic E-state index is -5.05. The van der Waals surface area contributed by atoms with Gasteiger partial charge in [-0.25, -0.2) is 4.98 Å². The fourth-order valence-electron chi connectivity index (χ4n) is 3.07. The highest BCUT2D eigenvalue weighted by atomic mass is 19.4. The van der Waals surface area contributed by atoms with Gasteiger partial charge in [0.2, 0.25) is 0 Å². The largest absolute Gasteiger partial charge is 0.417 e. The van der Waals surface area contributed by atoms with Gasteiger partial charge < -0.3 is 4.90 Å². The summed E-state index contributed by atoms with van der Waals surface area (Å²) in [6, 6.07) is 5.50. The molecule has 2 heterocycles. The molecule has 0 bridgehead atoms. The van der Waals surface area contributed by atoms with E-state index in [2.05, 4.69) is 20.8 Å². The number of fused-ring (bicyclic) bond motifs is 1. The Balaban J connectivity index is 1.99. The minimum absolute atomic E-state index is 0.0795. The molecule has 1 amide bonds. The number of hydrogen-bond donors (Lipinski definition) is 2. The Labute approximate surface area is 190 Å². The first-order valence-corrected chi connectivity index (χ1v) is 9.49. The van der Waals surface area contributed by atoms with E-state index in [1.165, 1.54) is 24.5 Å². The molecule has 1 aromatic carbocycles. The molecule has 0 spiro atoms. The van der Waals surface area contributed by atoms with Crippen molar-refractivity contribution >= 4 is 28.3 Å². The number of carbonyl (C=O) groups is 1. The third-order valence-electron chi connectivity index (χ3n) is 4.43. The molecule has 0 aliphatic rings. The number of anilines is 2. The lowest BCUT2D eigenvalue weighted by atomic mass is 10.1. The highest BCUT2D eigenvalue weighted by Gasteiger charge is 2.38. The summed E-state index contributed by atoms with van der Waals surface area (Å²) in [7, 11) is 0. The second kappa shape index (κ2) is 9.46. The Bertz CT molecular complexity index is 1180. The van der Waals surface area contributed by atoms with E-state index in [4.69, 9.17) is 0 Å². The summed E-state index contributed by atoms with van der Waals surface area (Å²) < 4.78 is 118. The molecule has 0 radical (unpaired) electrons. The summed E-state index contributed by atoms with van der Waals surface area (Å²) in [5.41, 5.74) is 1.90. The van der Waals surface area contributed by atoms with Gasteiger partial charge in [-0.2, -0.15) is 39.5 Å². The van der Waals surface area contributed by atoms with E-state index in [0.717, 1.165) is 12.1 Å². The number of amides is 1. The van der Waals surface area contributed by atoms with Crippen LogP contribution in [-0.2, 0) is 6.18 Å². The zero-order chi connectivity index (χ0) is 26.0. The normalized spacial score (nSPS) is 12.5. The monoisotopic (exact) mass is 511 g/mol. The fraction of sp³-hybridized carbons (Fsp3) is 0.250. The molecule has 2 aromatic heterocycles. The topological polar surface area (TPSA) is 70.2 Å². The highest BCUT2D eigenvalue weighted by Crippen LogP contribution is 2.38. The first-order valence-electron chi connectivity index (χ1n) is 9.49. The van der Waals surface area contributed by atoms with Crippen LogP contribution in [0.3, 0.4) is 0 Å². The van der Waals surface area contributed by atoms with E-state index < -0.39 is 60.0 Å². The Morgan fingerprint density at radius 3 is 2.11 bits per heavy atom. The van der Waals surface area contributed by atoms with Gasteiger partial charge in [0.1, 0.15) is 18.9 Å². The van der Waals surface area contributed by atoms with E-state index in [9.17, 15) is 44.3 Å². The number of nitrogens with one attached hydrogen (secondary N) is 2. The van der Waals surface area contributed by atoms with Crippen LogP contribution in [0.1, 0.15) is 15.9 Å². The van der Waals surface area contributed by atoms with Crippen molar-refractivity contribution in [1.82, 2.24) is 15.4 Å². The van der Waals surface area contributed by atoms with Crippen LogP contribution in [0.25, 0.3) is 10.9 Å². The zero-order valence-electron chi connectivity index (χ0n) is 17.2. The zero-order valence-corrected chi connectivity index (χ0v) is 17.2. The molecule has 0 saturated carbocycles. The maximum absolute atomic E-state index is 13.7. The van der Waals surface area contributed by atoms with Gasteiger partial charge >= 0.3 is 18.5 Å². The Hall–Kier alpha value is -3.78. The molecule has 0 saturated heterocycles. The summed E-state index contributed by atoms with van der Waals surface area (Å²) in [5, 5.41) is -0.728. The van der Waals surface area contributed by atoms with Crippen molar-refractivity contribution in [3.05, 3.63) is 59.9 Å². The molecular weight excluding hydrogens is 497 g/mol. The van der Waals surface area contributed by atoms with Gasteiger partial charge in [-0.05, 0) is 36.4 Å². The van der Waals surface area contributed by atoms with Crippen LogP contribution >= 0.6 is 0 Å². The number of hydrazine groups is 1. The average Bonchev–Trinajstić information content (AvgIpc) is 2.74. The fourth-order valence-corrected chi connectivity index (χ4v) is 3.07. The van der Waals surface area contributed by atoms with Crippen molar-refractivity contribution in [3.8, 4) is 0 Å². The number of nitrogens with zero attached hydrogens (tertiary/aromatic N) is 3. The molecule has 0 aliphatic heterocycles. The third kappa shape index (κ3) is 7.10. The van der Waals surface area contributed by atoms with Crippen LogP contribution in [0.15, 0.2) is 48.8 Å². The summed E-state index contributed by atoms with van der Waals surface area (Å²) in [6.45, 7) is -4.07. The van der Waals surface area contributed by atoms with Crippen molar-refractivity contribution in [1.29, 1.82) is 0 Å². The van der Waals surface area contributed by atoms with Crippen molar-refractivity contribution in [2.75, 3.05) is 23.4 Å². The number of rotatable bonds is 6. The molecule has 0 aliphatic carbocycles. The average molecular weight is 511 g/mol. The van der Waals surface area contributed by atoms with Crippen molar-refractivity contribution in [3.63, 3.8) is 0 Å². The van der Waals surface area contributed by atoms with Gasteiger partial charge in [0.05, 0.1) is 16.6 Å². The SMILES string of the molecule is O=C(NNc1cc(C(F)(F)F)c2cc(N(CC(F)(F)F)CC(F)(F)F)ccc2n1)c1cccnc1. The van der Waals surface area contributed by atoms with Gasteiger partial charge in [-0.15, -0.1) is 0 Å². The molecule has 3 rings (SSSR count). The van der Waals surface area contributed by atoms with E-state index in [0.29, 0.717) is 12.1 Å². The molecule has 3 aromatic rings. The number of alkyl halides is 9. The molecule has 6 nitrogen and oxygen atoms in total. The van der Waals surface area contributed by atoms with E-state index in [-0.39, 0.29) is 16.0 Å². The predicted molar refractivity (Wildman–Crippen MR) is 106 cm³/mol. The van der Waals surface area contributed by atoms with Gasteiger partial charge in [0.15, 0.2) is 0 Å². The molecule has 188 valence electrons. The van der Waals surface area contributed by atoms with E-state index in [1.807, 2.05) is 0 Å². The lowest BCUT2D eigenvalue weighted by Gasteiger charge is -2.27. The van der Waals surface area contributed by atoms with Crippen LogP contribution < -0.4 is 15.8 Å². The van der Waals surface area contributed by atoms with Crippen LogP contribution in [0.5, 0.6) is 0 Å². The van der Waals surface area contributed by atoms with Crippen LogP contribution in [-0.4, -0.2) is 41.3 Å². The first kappa shape index (κ1) is 25.8. The molecular formula is C20H14F9N5O. The third-order valence-corrected chi connectivity index (χ3v) is 4.43. The number of benzene rings is 1. The second-order valence-electron chi connectivity index (χ2n) is 7.16. The van der Waals surface area contributed by atoms with Gasteiger partial charge in [-0.1, -0.05) is 0 Å². The maximum Gasteiger partial charge on any atom is 0.417 e. The molecule has 0 unspecified atom stereocenters. The highest BCUT2D eigenvalue weighted by molar-refractivity contribution is 5.94. The van der Waals surface area contributed by atoms with Crippen LogP contribution in [0, 0.1) is 0 Å². The van der Waals surface area contributed by atoms with Gasteiger partial charge in [0, 0.05) is 23.5 Å². The predicted octanol–water partition coefficient (Wildman–Crippen LogP) is 5.34. The lowest BCUT2D eigenvalue weighted by molar-refractivity contribution is -0.138. The Morgan fingerprint density at radius 1 is 0.914 bits per heavy atom. The minimum Gasteiger partial charge on any atom is -0.353 e. The van der Waals surface area contributed by atoms with E-state index >= 15 is 0 Å². The lowest BCUT2D eigenvalue weighted by Crippen LogP contribution is -2.40. The van der Waals surface area contributed by atoms with Crippen molar-refractivity contribution in [2.45, 2.75) is 18.5 Å². The van der Waals surface area contributed by atoms with E-state index in [1.54, 1.807) is 0 Å². The number of aromatic nitrogens is 2. The molecule has 0 fully saturated rings. The summed E-state index contributed by atoms with van der Waals surface area (Å²) in [6.07, 6.45) is -12.6. The molecule has 35 heavy (non-hydrogen) atoms. The number of pyridine rings is 2. The van der Waals surface area contributed by atoms with Crippen LogP contribution in [0.2, 0.25) is 0 Å². The number of hydrogen-bond acceptors (Lipinski definition) is 5. The number of halogens is 9. The van der Waals surface area contributed by atoms with Crippen molar-refractivity contribution in [2.24, 2.45) is 0 Å². The smallest absolute Gasteiger partial charge is 0.353 e. The van der Waals surface area contributed by atoms with Gasteiger partial charge in [0.25, 0.3) is 5.91 Å². The molecule has 0 atom stereocenters.